The summed E-state index contributed by atoms with van der Waals surface area (Å²) in [6.07, 6.45) is 1.71. The van der Waals surface area contributed by atoms with Crippen molar-refractivity contribution in [2.75, 3.05) is 0 Å². The summed E-state index contributed by atoms with van der Waals surface area (Å²) in [6.45, 7) is 1.82. The maximum atomic E-state index is 8.77. The molecule has 0 fully saturated rings. The Morgan fingerprint density at radius 1 is 1.54 bits per heavy atom. The van der Waals surface area contributed by atoms with Gasteiger partial charge >= 0.3 is 0 Å². The molecule has 0 atom stereocenters. The largest absolute Gasteiger partial charge is 0.250 e. The van der Waals surface area contributed by atoms with Gasteiger partial charge in [0, 0.05) is 12.4 Å². The summed E-state index contributed by atoms with van der Waals surface area (Å²) in [5, 5.41) is 13.7. The molecule has 0 saturated carbocycles. The van der Waals surface area contributed by atoms with Crippen molar-refractivity contribution >= 4 is 11.0 Å². The monoisotopic (exact) mass is 172 g/mol. The van der Waals surface area contributed by atoms with Gasteiger partial charge in [0.1, 0.15) is 6.07 Å². The summed E-state index contributed by atoms with van der Waals surface area (Å²) < 4.78 is 1.70. The Morgan fingerprint density at radius 3 is 3.00 bits per heavy atom. The standard InChI is InChI=1S/C9H8N4/c1-6-7(4-10)3-8-5-11-13(2)9(8)12-6/h3,5H,1-2H3. The quantitative estimate of drug-likeness (QED) is 0.599. The summed E-state index contributed by atoms with van der Waals surface area (Å²) >= 11 is 0. The summed E-state index contributed by atoms with van der Waals surface area (Å²) in [6, 6.07) is 3.91. The lowest BCUT2D eigenvalue weighted by atomic mass is 10.2. The van der Waals surface area contributed by atoms with Gasteiger partial charge in [-0.05, 0) is 13.0 Å². The molecule has 4 heteroatoms. The smallest absolute Gasteiger partial charge is 0.157 e. The lowest BCUT2D eigenvalue weighted by molar-refractivity contribution is 0.784. The van der Waals surface area contributed by atoms with Gasteiger partial charge < -0.3 is 0 Å². The van der Waals surface area contributed by atoms with Crippen molar-refractivity contribution < 1.29 is 0 Å². The van der Waals surface area contributed by atoms with Crippen LogP contribution in [0, 0.1) is 18.3 Å². The van der Waals surface area contributed by atoms with E-state index in [2.05, 4.69) is 16.2 Å². The lowest BCUT2D eigenvalue weighted by Crippen LogP contribution is -1.94. The number of aromatic nitrogens is 3. The third-order valence-corrected chi connectivity index (χ3v) is 2.02. The summed E-state index contributed by atoms with van der Waals surface area (Å²) in [4.78, 5) is 4.28. The first-order valence-electron chi connectivity index (χ1n) is 3.92. The highest BCUT2D eigenvalue weighted by molar-refractivity contribution is 5.76. The molecule has 2 aromatic rings. The molecule has 0 unspecified atom stereocenters. The van der Waals surface area contributed by atoms with Crippen molar-refractivity contribution in [3.05, 3.63) is 23.5 Å². The van der Waals surface area contributed by atoms with Crippen LogP contribution in [0.5, 0.6) is 0 Å². The fraction of sp³-hybridized carbons (Fsp3) is 0.222. The van der Waals surface area contributed by atoms with Gasteiger partial charge in [0.2, 0.25) is 0 Å². The van der Waals surface area contributed by atoms with Crippen LogP contribution in [0.3, 0.4) is 0 Å². The number of fused-ring (bicyclic) bond motifs is 1. The normalized spacial score (nSPS) is 10.2. The van der Waals surface area contributed by atoms with Crippen molar-refractivity contribution in [1.82, 2.24) is 14.8 Å². The second-order valence-corrected chi connectivity index (χ2v) is 2.91. The molecule has 2 heterocycles. The first-order valence-corrected chi connectivity index (χ1v) is 3.92. The number of pyridine rings is 1. The molecular weight excluding hydrogens is 164 g/mol. The van der Waals surface area contributed by atoms with Gasteiger partial charge in [0.25, 0.3) is 0 Å². The number of hydrogen-bond acceptors (Lipinski definition) is 3. The Labute approximate surface area is 75.4 Å². The molecule has 0 bridgehead atoms. The van der Waals surface area contributed by atoms with E-state index in [1.165, 1.54) is 0 Å². The van der Waals surface area contributed by atoms with E-state index in [1.54, 1.807) is 10.9 Å². The average Bonchev–Trinajstić information content (AvgIpc) is 2.47. The summed E-state index contributed by atoms with van der Waals surface area (Å²) in [7, 11) is 1.83. The van der Waals surface area contributed by atoms with Crippen LogP contribution in [0.4, 0.5) is 0 Å². The van der Waals surface area contributed by atoms with Crippen molar-refractivity contribution in [3.63, 3.8) is 0 Å². The lowest BCUT2D eigenvalue weighted by Gasteiger charge is -1.97. The molecule has 13 heavy (non-hydrogen) atoms. The Kier molecular flexibility index (Phi) is 1.52. The number of rotatable bonds is 0. The van der Waals surface area contributed by atoms with Crippen LogP contribution in [0.2, 0.25) is 0 Å². The maximum Gasteiger partial charge on any atom is 0.157 e. The van der Waals surface area contributed by atoms with Gasteiger partial charge in [0.05, 0.1) is 17.5 Å². The molecule has 0 aliphatic carbocycles. The minimum atomic E-state index is 0.612. The highest BCUT2D eigenvalue weighted by atomic mass is 15.3. The predicted octanol–water partition coefficient (Wildman–Crippen LogP) is 1.15. The number of hydrogen-bond donors (Lipinski definition) is 0. The molecule has 2 rings (SSSR count). The maximum absolute atomic E-state index is 8.77. The van der Waals surface area contributed by atoms with E-state index < -0.39 is 0 Å². The van der Waals surface area contributed by atoms with E-state index in [1.807, 2.05) is 20.0 Å². The molecule has 0 spiro atoms. The first kappa shape index (κ1) is 7.74. The average molecular weight is 172 g/mol. The predicted molar refractivity (Wildman–Crippen MR) is 48.0 cm³/mol. The Bertz CT molecular complexity index is 504. The Hall–Kier alpha value is -1.89. The second-order valence-electron chi connectivity index (χ2n) is 2.91. The van der Waals surface area contributed by atoms with E-state index in [-0.39, 0.29) is 0 Å². The molecule has 2 aromatic heterocycles. The van der Waals surface area contributed by atoms with Crippen LogP contribution in [0.25, 0.3) is 11.0 Å². The minimum absolute atomic E-state index is 0.612. The van der Waals surface area contributed by atoms with Crippen LogP contribution in [0.15, 0.2) is 12.3 Å². The fourth-order valence-electron chi connectivity index (χ4n) is 1.28. The van der Waals surface area contributed by atoms with Crippen LogP contribution in [0.1, 0.15) is 11.3 Å². The van der Waals surface area contributed by atoms with Crippen molar-refractivity contribution in [3.8, 4) is 6.07 Å². The molecule has 0 N–H and O–H groups in total. The molecule has 4 nitrogen and oxygen atoms in total. The van der Waals surface area contributed by atoms with E-state index in [0.717, 1.165) is 16.7 Å². The van der Waals surface area contributed by atoms with Crippen molar-refractivity contribution in [1.29, 1.82) is 5.26 Å². The highest BCUT2D eigenvalue weighted by Crippen LogP contribution is 2.14. The number of aryl methyl sites for hydroxylation is 2. The Morgan fingerprint density at radius 2 is 2.31 bits per heavy atom. The molecule has 0 aromatic carbocycles. The zero-order chi connectivity index (χ0) is 9.42. The van der Waals surface area contributed by atoms with Crippen LogP contribution in [-0.4, -0.2) is 14.8 Å². The number of nitriles is 1. The second kappa shape index (κ2) is 2.56. The molecule has 0 amide bonds. The van der Waals surface area contributed by atoms with Gasteiger partial charge in [0.15, 0.2) is 5.65 Å². The molecular formula is C9H8N4. The zero-order valence-corrected chi connectivity index (χ0v) is 7.44. The van der Waals surface area contributed by atoms with Gasteiger partial charge in [-0.3, -0.25) is 4.68 Å². The third-order valence-electron chi connectivity index (χ3n) is 2.02. The summed E-state index contributed by atoms with van der Waals surface area (Å²) in [5.41, 5.74) is 2.18. The minimum Gasteiger partial charge on any atom is -0.250 e. The van der Waals surface area contributed by atoms with Gasteiger partial charge in [-0.1, -0.05) is 0 Å². The highest BCUT2D eigenvalue weighted by Gasteiger charge is 2.05. The van der Waals surface area contributed by atoms with Crippen LogP contribution in [-0.2, 0) is 7.05 Å². The molecule has 64 valence electrons. The van der Waals surface area contributed by atoms with E-state index >= 15 is 0 Å². The van der Waals surface area contributed by atoms with E-state index in [9.17, 15) is 0 Å². The van der Waals surface area contributed by atoms with Crippen LogP contribution >= 0.6 is 0 Å². The van der Waals surface area contributed by atoms with Gasteiger partial charge in [-0.15, -0.1) is 0 Å². The molecule has 0 saturated heterocycles. The van der Waals surface area contributed by atoms with Crippen molar-refractivity contribution in [2.45, 2.75) is 6.92 Å². The van der Waals surface area contributed by atoms with Crippen LogP contribution < -0.4 is 0 Å². The molecule has 0 aliphatic heterocycles. The SMILES string of the molecule is Cc1nc2c(cnn2C)cc1C#N. The van der Waals surface area contributed by atoms with Crippen molar-refractivity contribution in [2.24, 2.45) is 7.05 Å². The molecule has 0 radical (unpaired) electrons. The fourth-order valence-corrected chi connectivity index (χ4v) is 1.28. The van der Waals surface area contributed by atoms with Gasteiger partial charge in [-0.2, -0.15) is 10.4 Å². The first-order chi connectivity index (χ1) is 6.22. The topological polar surface area (TPSA) is 54.5 Å². The third kappa shape index (κ3) is 1.05. The molecule has 0 aliphatic rings. The van der Waals surface area contributed by atoms with E-state index in [0.29, 0.717) is 5.56 Å². The zero-order valence-electron chi connectivity index (χ0n) is 7.44. The Balaban J connectivity index is 2.85. The number of nitrogens with zero attached hydrogens (tertiary/aromatic N) is 4. The van der Waals surface area contributed by atoms with E-state index in [4.69, 9.17) is 5.26 Å². The summed E-state index contributed by atoms with van der Waals surface area (Å²) in [5.74, 6) is 0. The van der Waals surface area contributed by atoms with Gasteiger partial charge in [-0.25, -0.2) is 4.98 Å².